The van der Waals surface area contributed by atoms with Gasteiger partial charge in [0.15, 0.2) is 5.11 Å². The van der Waals surface area contributed by atoms with Crippen molar-refractivity contribution in [2.45, 2.75) is 32.9 Å². The second-order valence-electron chi connectivity index (χ2n) is 9.04. The molecule has 0 saturated carbocycles. The number of hydrogen-bond acceptors (Lipinski definition) is 4. The van der Waals surface area contributed by atoms with Gasteiger partial charge in [-0.2, -0.15) is 0 Å². The third-order valence-corrected chi connectivity index (χ3v) is 7.03. The number of ether oxygens (including phenoxy) is 1. The van der Waals surface area contributed by atoms with Gasteiger partial charge in [0.05, 0.1) is 30.5 Å². The smallest absolute Gasteiger partial charge is 0.337 e. The summed E-state index contributed by atoms with van der Waals surface area (Å²) in [6, 6.07) is 23.9. The van der Waals surface area contributed by atoms with Crippen LogP contribution in [0.3, 0.4) is 0 Å². The van der Waals surface area contributed by atoms with Gasteiger partial charge in [-0.1, -0.05) is 18.2 Å². The second-order valence-corrected chi connectivity index (χ2v) is 9.42. The van der Waals surface area contributed by atoms with Gasteiger partial charge >= 0.3 is 5.97 Å². The molecule has 0 radical (unpaired) electrons. The lowest BCUT2D eigenvalue weighted by molar-refractivity contribution is 0.0600. The molecule has 6 nitrogen and oxygen atoms in total. The average Bonchev–Trinajstić information content (AvgIpc) is 3.39. The molecule has 1 N–H and O–H groups in total. The zero-order valence-electron chi connectivity index (χ0n) is 20.7. The number of carbonyl (C=O) groups is 1. The molecule has 1 saturated heterocycles. The number of hydrogen-bond donors (Lipinski definition) is 1. The van der Waals surface area contributed by atoms with Crippen LogP contribution < -0.4 is 10.2 Å². The fraction of sp³-hybridized carbons (Fsp3) is 0.207. The molecule has 0 spiro atoms. The third-order valence-electron chi connectivity index (χ3n) is 6.71. The molecule has 1 fully saturated rings. The number of anilines is 1. The Labute approximate surface area is 216 Å². The van der Waals surface area contributed by atoms with Gasteiger partial charge in [0.2, 0.25) is 0 Å². The van der Waals surface area contributed by atoms with Gasteiger partial charge in [-0.25, -0.2) is 4.79 Å². The molecule has 5 rings (SSSR count). The van der Waals surface area contributed by atoms with Crippen LogP contribution in [-0.2, 0) is 4.74 Å². The number of nitrogens with one attached hydrogen (secondary N) is 1. The van der Waals surface area contributed by atoms with E-state index in [0.717, 1.165) is 34.0 Å². The summed E-state index contributed by atoms with van der Waals surface area (Å²) in [6.07, 6.45) is 1.82. The van der Waals surface area contributed by atoms with Crippen molar-refractivity contribution < 1.29 is 9.53 Å². The van der Waals surface area contributed by atoms with Crippen molar-refractivity contribution in [2.75, 3.05) is 12.0 Å². The molecule has 36 heavy (non-hydrogen) atoms. The molecule has 2 atom stereocenters. The third kappa shape index (κ3) is 4.16. The van der Waals surface area contributed by atoms with Gasteiger partial charge in [-0.15, -0.1) is 0 Å². The van der Waals surface area contributed by atoms with E-state index in [1.165, 1.54) is 12.7 Å². The highest BCUT2D eigenvalue weighted by Gasteiger charge is 2.42. The summed E-state index contributed by atoms with van der Waals surface area (Å²) in [6.45, 7) is 6.31. The fourth-order valence-corrected chi connectivity index (χ4v) is 5.42. The first-order chi connectivity index (χ1) is 17.4. The highest BCUT2D eigenvalue weighted by Crippen LogP contribution is 2.43. The zero-order valence-corrected chi connectivity index (χ0v) is 21.5. The van der Waals surface area contributed by atoms with E-state index < -0.39 is 0 Å². The summed E-state index contributed by atoms with van der Waals surface area (Å²) in [7, 11) is 1.39. The van der Waals surface area contributed by atoms with Crippen molar-refractivity contribution in [3.8, 4) is 5.69 Å². The number of pyridine rings is 1. The molecular formula is C29H28N4O2S. The summed E-state index contributed by atoms with van der Waals surface area (Å²) >= 11 is 5.88. The lowest BCUT2D eigenvalue weighted by Crippen LogP contribution is -2.29. The van der Waals surface area contributed by atoms with E-state index in [9.17, 15) is 4.79 Å². The molecule has 0 aliphatic carbocycles. The minimum absolute atomic E-state index is 0.0940. The number of thiocarbonyl (C=S) groups is 1. The second kappa shape index (κ2) is 9.59. The van der Waals surface area contributed by atoms with Crippen molar-refractivity contribution in [1.29, 1.82) is 0 Å². The molecule has 0 bridgehead atoms. The largest absolute Gasteiger partial charge is 0.465 e. The average molecular weight is 497 g/mol. The van der Waals surface area contributed by atoms with E-state index in [4.69, 9.17) is 17.0 Å². The Kier molecular flexibility index (Phi) is 6.33. The normalized spacial score (nSPS) is 17.2. The van der Waals surface area contributed by atoms with Crippen LogP contribution in [0.15, 0.2) is 79.0 Å². The van der Waals surface area contributed by atoms with Crippen molar-refractivity contribution in [2.24, 2.45) is 0 Å². The Hall–Kier alpha value is -3.97. The highest BCUT2D eigenvalue weighted by atomic mass is 32.1. The van der Waals surface area contributed by atoms with Gasteiger partial charge < -0.3 is 19.5 Å². The Morgan fingerprint density at radius 3 is 2.42 bits per heavy atom. The van der Waals surface area contributed by atoms with Crippen LogP contribution in [0.5, 0.6) is 0 Å². The van der Waals surface area contributed by atoms with Crippen LogP contribution in [0, 0.1) is 20.8 Å². The van der Waals surface area contributed by atoms with E-state index in [0.29, 0.717) is 10.7 Å². The number of rotatable bonds is 5. The molecule has 7 heteroatoms. The van der Waals surface area contributed by atoms with Crippen molar-refractivity contribution in [1.82, 2.24) is 14.9 Å². The highest BCUT2D eigenvalue weighted by molar-refractivity contribution is 7.80. The lowest BCUT2D eigenvalue weighted by Gasteiger charge is -2.28. The predicted molar refractivity (Wildman–Crippen MR) is 146 cm³/mol. The van der Waals surface area contributed by atoms with Gasteiger partial charge in [0.25, 0.3) is 0 Å². The van der Waals surface area contributed by atoms with Crippen LogP contribution in [0.25, 0.3) is 5.69 Å². The first-order valence-electron chi connectivity index (χ1n) is 11.8. The zero-order chi connectivity index (χ0) is 25.4. The summed E-state index contributed by atoms with van der Waals surface area (Å²) in [5, 5.41) is 4.22. The Morgan fingerprint density at radius 1 is 0.972 bits per heavy atom. The Bertz CT molecular complexity index is 1430. The van der Waals surface area contributed by atoms with Gasteiger partial charge in [-0.3, -0.25) is 4.98 Å². The van der Waals surface area contributed by atoms with Crippen molar-refractivity contribution >= 4 is 29.0 Å². The summed E-state index contributed by atoms with van der Waals surface area (Å²) in [5.41, 5.74) is 8.02. The maximum absolute atomic E-state index is 11.9. The fourth-order valence-electron chi connectivity index (χ4n) is 5.08. The maximum atomic E-state index is 11.9. The minimum Gasteiger partial charge on any atom is -0.465 e. The van der Waals surface area contributed by atoms with Gasteiger partial charge in [0.1, 0.15) is 0 Å². The monoisotopic (exact) mass is 496 g/mol. The van der Waals surface area contributed by atoms with Gasteiger partial charge in [-0.05, 0) is 98.7 Å². The molecule has 3 heterocycles. The number of aryl methyl sites for hydroxylation is 2. The van der Waals surface area contributed by atoms with E-state index in [1.807, 2.05) is 36.5 Å². The molecule has 0 amide bonds. The first kappa shape index (κ1) is 23.8. The van der Waals surface area contributed by atoms with Crippen LogP contribution in [0.4, 0.5) is 5.69 Å². The SMILES string of the molecule is COC(=O)c1ccc(-n2c(C)cc([C@H]3[C@H](c4ccccn4)NC(=S)N3c3cccc(C)c3)c2C)cc1. The van der Waals surface area contributed by atoms with E-state index in [1.54, 1.807) is 12.1 Å². The molecular weight excluding hydrogens is 468 g/mol. The lowest BCUT2D eigenvalue weighted by atomic mass is 9.96. The van der Waals surface area contributed by atoms with Crippen LogP contribution in [0.1, 0.15) is 50.7 Å². The van der Waals surface area contributed by atoms with E-state index in [-0.39, 0.29) is 18.1 Å². The standard InChI is InChI=1S/C29H28N4O2S/c1-18-8-7-9-23(16-18)33-27(26(31-29(33)36)25-10-5-6-15-30-25)24-17-19(2)32(20(24)3)22-13-11-21(12-14-22)28(34)35-4/h5-17,26-27H,1-4H3,(H,31,36)/t26-,27-/m0/s1. The molecule has 2 aromatic carbocycles. The Morgan fingerprint density at radius 2 is 1.75 bits per heavy atom. The minimum atomic E-state index is -0.347. The first-order valence-corrected chi connectivity index (χ1v) is 12.2. The van der Waals surface area contributed by atoms with Gasteiger partial charge in [0, 0.05) is 29.0 Å². The molecule has 1 aliphatic rings. The summed E-state index contributed by atoms with van der Waals surface area (Å²) in [5.74, 6) is -0.347. The maximum Gasteiger partial charge on any atom is 0.337 e. The number of nitrogens with zero attached hydrogens (tertiary/aromatic N) is 3. The van der Waals surface area contributed by atoms with E-state index >= 15 is 0 Å². The number of esters is 1. The summed E-state index contributed by atoms with van der Waals surface area (Å²) < 4.78 is 7.06. The van der Waals surface area contributed by atoms with E-state index in [2.05, 4.69) is 70.9 Å². The number of carbonyl (C=O) groups excluding carboxylic acids is 1. The Balaban J connectivity index is 1.63. The molecule has 2 aromatic heterocycles. The van der Waals surface area contributed by atoms with Crippen molar-refractivity contribution in [3.63, 3.8) is 0 Å². The molecule has 0 unspecified atom stereocenters. The molecule has 4 aromatic rings. The molecule has 182 valence electrons. The predicted octanol–water partition coefficient (Wildman–Crippen LogP) is 5.76. The number of benzene rings is 2. The summed E-state index contributed by atoms with van der Waals surface area (Å²) in [4.78, 5) is 18.8. The van der Waals surface area contributed by atoms with Crippen molar-refractivity contribution in [3.05, 3.63) is 113 Å². The topological polar surface area (TPSA) is 59.4 Å². The quantitative estimate of drug-likeness (QED) is 0.280. The van der Waals surface area contributed by atoms with Crippen LogP contribution in [-0.4, -0.2) is 27.7 Å². The van der Waals surface area contributed by atoms with Crippen LogP contribution >= 0.6 is 12.2 Å². The number of methoxy groups -OCH3 is 1. The van der Waals surface area contributed by atoms with Crippen LogP contribution in [0.2, 0.25) is 0 Å². The molecule has 1 aliphatic heterocycles. The number of aromatic nitrogens is 2.